The van der Waals surface area contributed by atoms with E-state index in [1.165, 1.54) is 12.1 Å². The number of nitrogens with one attached hydrogen (secondary N) is 1. The zero-order valence-electron chi connectivity index (χ0n) is 21.3. The lowest BCUT2D eigenvalue weighted by Gasteiger charge is -2.37. The van der Waals surface area contributed by atoms with E-state index in [9.17, 15) is 40.3 Å². The number of rotatable bonds is 9. The molecule has 0 aliphatic carbocycles. The van der Waals surface area contributed by atoms with Crippen LogP contribution in [0.4, 0.5) is 35.5 Å². The van der Waals surface area contributed by atoms with Crippen molar-refractivity contribution in [2.75, 3.05) is 6.54 Å². The first-order chi connectivity index (χ1) is 19.6. The van der Waals surface area contributed by atoms with Gasteiger partial charge < -0.3 is 20.7 Å². The van der Waals surface area contributed by atoms with Crippen molar-refractivity contribution in [1.82, 2.24) is 15.2 Å². The summed E-state index contributed by atoms with van der Waals surface area (Å²) in [5, 5.41) is 2.65. The minimum atomic E-state index is -5.01. The number of amides is 3. The van der Waals surface area contributed by atoms with Gasteiger partial charge in [-0.05, 0) is 35.4 Å². The normalized spacial score (nSPS) is 18.0. The highest BCUT2D eigenvalue weighted by atomic mass is 35.5. The maximum Gasteiger partial charge on any atom is 0.461 e. The molecule has 7 nitrogen and oxygen atoms in total. The third-order valence-electron chi connectivity index (χ3n) is 6.53. The first kappa shape index (κ1) is 30.9. The zero-order chi connectivity index (χ0) is 30.9. The maximum atomic E-state index is 14.9. The number of alkyl halides is 6. The second kappa shape index (κ2) is 11.7. The smallest absolute Gasteiger partial charge is 0.428 e. The number of aromatic nitrogens is 1. The van der Waals surface area contributed by atoms with Crippen LogP contribution in [-0.4, -0.2) is 52.9 Å². The molecule has 2 aromatic carbocycles. The predicted molar refractivity (Wildman–Crippen MR) is 136 cm³/mol. The molecule has 1 aliphatic heterocycles. The van der Waals surface area contributed by atoms with Crippen LogP contribution in [0, 0.1) is 5.82 Å². The Labute approximate surface area is 239 Å². The number of benzene rings is 2. The summed E-state index contributed by atoms with van der Waals surface area (Å²) in [6, 6.07) is 9.75. The van der Waals surface area contributed by atoms with Gasteiger partial charge in [0.2, 0.25) is 5.91 Å². The van der Waals surface area contributed by atoms with Crippen LogP contribution in [0.1, 0.15) is 23.2 Å². The molecule has 2 atom stereocenters. The van der Waals surface area contributed by atoms with Crippen molar-refractivity contribution in [3.05, 3.63) is 94.5 Å². The highest BCUT2D eigenvalue weighted by molar-refractivity contribution is 6.30. The fraction of sp³-hybridized carbons (Fsp3) is 0.296. The lowest BCUT2D eigenvalue weighted by atomic mass is 9.80. The van der Waals surface area contributed by atoms with Crippen molar-refractivity contribution in [3.63, 3.8) is 0 Å². The SMILES string of the molecule is NC(=O)[C@H]1CC(F)(F)CN1C(=O)N[C@@](Cc1ccccc1)(c1cc(F)cc(OC(F)(F)C(F)F)c1)c1ccc(Cl)cn1. The summed E-state index contributed by atoms with van der Waals surface area (Å²) >= 11 is 5.99. The monoisotopic (exact) mass is 618 g/mol. The van der Waals surface area contributed by atoms with E-state index in [4.69, 9.17) is 17.3 Å². The first-order valence-corrected chi connectivity index (χ1v) is 12.6. The molecule has 0 spiro atoms. The number of nitrogens with two attached hydrogens (primary N) is 1. The predicted octanol–water partition coefficient (Wildman–Crippen LogP) is 5.50. The standard InChI is InChI=1S/C27H22ClF7N4O3/c28-17-6-7-21(37-13-17)26(11-15-4-2-1-3-5-15,38-24(41)39-14-25(32,33)12-20(39)22(36)40)16-8-18(29)10-19(9-16)42-27(34,35)23(30)31/h1-10,13,20,23H,11-12,14H2,(H2,36,40)(H,38,41)/t20-,26+/m1/s1. The number of primary amides is 1. The minimum absolute atomic E-state index is 0.0807. The molecule has 0 unspecified atom stereocenters. The Kier molecular flexibility index (Phi) is 8.58. The third kappa shape index (κ3) is 6.69. The number of nitrogens with zero attached hydrogens (tertiary/aromatic N) is 2. The molecule has 42 heavy (non-hydrogen) atoms. The average molecular weight is 619 g/mol. The topological polar surface area (TPSA) is 97.6 Å². The van der Waals surface area contributed by atoms with Gasteiger partial charge in [0, 0.05) is 25.1 Å². The van der Waals surface area contributed by atoms with Gasteiger partial charge in [-0.3, -0.25) is 9.78 Å². The lowest BCUT2D eigenvalue weighted by Crippen LogP contribution is -2.56. The van der Waals surface area contributed by atoms with Gasteiger partial charge >= 0.3 is 18.6 Å². The van der Waals surface area contributed by atoms with Crippen LogP contribution in [0.2, 0.25) is 5.02 Å². The number of urea groups is 1. The second-order valence-corrected chi connectivity index (χ2v) is 10.0. The van der Waals surface area contributed by atoms with E-state index in [2.05, 4.69) is 15.0 Å². The average Bonchev–Trinajstić information content (AvgIpc) is 3.24. The lowest BCUT2D eigenvalue weighted by molar-refractivity contribution is -0.253. The van der Waals surface area contributed by atoms with Crippen molar-refractivity contribution >= 4 is 23.5 Å². The Balaban J connectivity index is 1.92. The van der Waals surface area contributed by atoms with Crippen LogP contribution in [0.3, 0.4) is 0 Å². The van der Waals surface area contributed by atoms with Gasteiger partial charge in [0.05, 0.1) is 17.3 Å². The van der Waals surface area contributed by atoms with Gasteiger partial charge in [0.15, 0.2) is 0 Å². The van der Waals surface area contributed by atoms with Crippen molar-refractivity contribution in [3.8, 4) is 5.75 Å². The van der Waals surface area contributed by atoms with Crippen molar-refractivity contribution < 1.29 is 45.1 Å². The van der Waals surface area contributed by atoms with E-state index in [0.29, 0.717) is 16.5 Å². The van der Waals surface area contributed by atoms with Gasteiger partial charge in [-0.15, -0.1) is 0 Å². The van der Waals surface area contributed by atoms with Crippen LogP contribution in [0.15, 0.2) is 66.9 Å². The van der Waals surface area contributed by atoms with Crippen molar-refractivity contribution in [2.24, 2.45) is 5.73 Å². The fourth-order valence-corrected chi connectivity index (χ4v) is 4.77. The van der Waals surface area contributed by atoms with Crippen LogP contribution >= 0.6 is 11.6 Å². The minimum Gasteiger partial charge on any atom is -0.428 e. The van der Waals surface area contributed by atoms with Crippen LogP contribution in [0.5, 0.6) is 5.75 Å². The quantitative estimate of drug-likeness (QED) is 0.310. The summed E-state index contributed by atoms with van der Waals surface area (Å²) in [5.74, 6) is -6.94. The molecule has 1 saturated heterocycles. The van der Waals surface area contributed by atoms with Gasteiger partial charge in [0.25, 0.3) is 5.92 Å². The van der Waals surface area contributed by atoms with E-state index in [1.807, 2.05) is 0 Å². The summed E-state index contributed by atoms with van der Waals surface area (Å²) in [7, 11) is 0. The van der Waals surface area contributed by atoms with Gasteiger partial charge in [-0.1, -0.05) is 41.9 Å². The number of carbonyl (C=O) groups excluding carboxylic acids is 2. The molecule has 1 aliphatic rings. The number of likely N-dealkylation sites (tertiary alicyclic amines) is 1. The Morgan fingerprint density at radius 3 is 2.43 bits per heavy atom. The summed E-state index contributed by atoms with van der Waals surface area (Å²) in [6.07, 6.45) is -9.47. The molecule has 0 bridgehead atoms. The highest BCUT2D eigenvalue weighted by Crippen LogP contribution is 2.39. The highest BCUT2D eigenvalue weighted by Gasteiger charge is 2.51. The summed E-state index contributed by atoms with van der Waals surface area (Å²) in [4.78, 5) is 30.3. The number of ether oxygens (including phenoxy) is 1. The molecule has 224 valence electrons. The largest absolute Gasteiger partial charge is 0.461 e. The Morgan fingerprint density at radius 2 is 1.83 bits per heavy atom. The fourth-order valence-electron chi connectivity index (χ4n) is 4.66. The summed E-state index contributed by atoms with van der Waals surface area (Å²) < 4.78 is 101. The van der Waals surface area contributed by atoms with Crippen molar-refractivity contribution in [2.45, 2.75) is 42.9 Å². The molecule has 2 heterocycles. The molecule has 15 heteroatoms. The number of hydrogen-bond acceptors (Lipinski definition) is 4. The van der Waals surface area contributed by atoms with Crippen LogP contribution < -0.4 is 15.8 Å². The molecule has 0 saturated carbocycles. The maximum absolute atomic E-state index is 14.9. The van der Waals surface area contributed by atoms with Crippen molar-refractivity contribution in [1.29, 1.82) is 0 Å². The summed E-state index contributed by atoms with van der Waals surface area (Å²) in [6.45, 7) is -1.19. The van der Waals surface area contributed by atoms with E-state index < -0.39 is 66.5 Å². The molecule has 3 aromatic rings. The second-order valence-electron chi connectivity index (χ2n) is 9.61. The molecule has 4 rings (SSSR count). The van der Waals surface area contributed by atoms with E-state index >= 15 is 0 Å². The van der Waals surface area contributed by atoms with Crippen LogP contribution in [0.25, 0.3) is 0 Å². The number of hydrogen-bond donors (Lipinski definition) is 2. The number of halogens is 8. The first-order valence-electron chi connectivity index (χ1n) is 12.2. The number of pyridine rings is 1. The molecule has 0 radical (unpaired) electrons. The Bertz CT molecular complexity index is 1450. The van der Waals surface area contributed by atoms with E-state index in [1.54, 1.807) is 30.3 Å². The van der Waals surface area contributed by atoms with E-state index in [-0.39, 0.29) is 22.7 Å². The van der Waals surface area contributed by atoms with Gasteiger partial charge in [0.1, 0.15) is 23.1 Å². The van der Waals surface area contributed by atoms with Gasteiger partial charge in [-0.2, -0.15) is 17.6 Å². The molecule has 3 amide bonds. The third-order valence-corrected chi connectivity index (χ3v) is 6.75. The molecule has 3 N–H and O–H groups in total. The molecule has 1 aromatic heterocycles. The Hall–Kier alpha value is -4.07. The van der Waals surface area contributed by atoms with Crippen LogP contribution in [-0.2, 0) is 16.8 Å². The molecular formula is C27H22ClF7N4O3. The zero-order valence-corrected chi connectivity index (χ0v) is 22.1. The molecule has 1 fully saturated rings. The summed E-state index contributed by atoms with van der Waals surface area (Å²) in [5.41, 5.74) is 3.26. The van der Waals surface area contributed by atoms with Gasteiger partial charge in [-0.25, -0.2) is 18.0 Å². The molecular weight excluding hydrogens is 597 g/mol. The van der Waals surface area contributed by atoms with E-state index in [0.717, 1.165) is 18.3 Å². The Morgan fingerprint density at radius 1 is 1.14 bits per heavy atom. The number of carbonyl (C=O) groups is 2.